The van der Waals surface area contributed by atoms with Crippen molar-refractivity contribution < 1.29 is 14.6 Å². The number of carboxylic acid groups (broad SMARTS) is 1. The van der Waals surface area contributed by atoms with Crippen LogP contribution in [0.1, 0.15) is 36.3 Å². The minimum atomic E-state index is -0.773. The second kappa shape index (κ2) is 5.19. The Kier molecular flexibility index (Phi) is 3.81. The molecule has 1 unspecified atom stereocenters. The first-order chi connectivity index (χ1) is 8.52. The Balaban J connectivity index is 2.39. The van der Waals surface area contributed by atoms with E-state index in [-0.39, 0.29) is 12.3 Å². The second-order valence-corrected chi connectivity index (χ2v) is 5.29. The molecular formula is C14H17ClO3. The minimum Gasteiger partial charge on any atom is -0.496 e. The van der Waals surface area contributed by atoms with E-state index in [1.807, 2.05) is 19.1 Å². The molecule has 0 amide bonds. The third-order valence-electron chi connectivity index (χ3n) is 3.50. The highest BCUT2D eigenvalue weighted by molar-refractivity contribution is 6.31. The number of ether oxygens (including phenoxy) is 1. The van der Waals surface area contributed by atoms with Crippen LogP contribution >= 0.6 is 11.6 Å². The van der Waals surface area contributed by atoms with Crippen LogP contribution in [-0.2, 0) is 4.79 Å². The molecule has 0 aliphatic heterocycles. The van der Waals surface area contributed by atoms with Gasteiger partial charge in [0, 0.05) is 10.9 Å². The van der Waals surface area contributed by atoms with Gasteiger partial charge in [-0.2, -0.15) is 0 Å². The predicted octanol–water partition coefficient (Wildman–Crippen LogP) is 3.63. The molecule has 18 heavy (non-hydrogen) atoms. The molecule has 0 radical (unpaired) electrons. The summed E-state index contributed by atoms with van der Waals surface area (Å²) in [6.45, 7) is 1.91. The van der Waals surface area contributed by atoms with Crippen molar-refractivity contribution in [1.82, 2.24) is 0 Å². The number of benzene rings is 1. The molecule has 2 rings (SSSR count). The van der Waals surface area contributed by atoms with Gasteiger partial charge in [-0.3, -0.25) is 4.79 Å². The standard InChI is InChI=1S/C14H17ClO3/c1-8-5-13(18-2)11(6-12(8)15)10(7-14(16)17)9-3-4-9/h5-6,9-10H,3-4,7H2,1-2H3,(H,16,17). The first-order valence-electron chi connectivity index (χ1n) is 6.08. The first-order valence-corrected chi connectivity index (χ1v) is 6.46. The molecule has 1 fully saturated rings. The number of carboxylic acids is 1. The Morgan fingerprint density at radius 3 is 2.72 bits per heavy atom. The maximum atomic E-state index is 11.0. The molecule has 1 N–H and O–H groups in total. The van der Waals surface area contributed by atoms with Crippen molar-refractivity contribution in [2.24, 2.45) is 5.92 Å². The van der Waals surface area contributed by atoms with Crippen LogP contribution in [0.25, 0.3) is 0 Å². The van der Waals surface area contributed by atoms with Gasteiger partial charge in [0.2, 0.25) is 0 Å². The summed E-state index contributed by atoms with van der Waals surface area (Å²) in [4.78, 5) is 11.0. The third kappa shape index (κ3) is 2.78. The summed E-state index contributed by atoms with van der Waals surface area (Å²) >= 11 is 6.15. The largest absolute Gasteiger partial charge is 0.496 e. The monoisotopic (exact) mass is 268 g/mol. The van der Waals surface area contributed by atoms with Gasteiger partial charge in [-0.05, 0) is 48.9 Å². The highest BCUT2D eigenvalue weighted by Crippen LogP contribution is 2.47. The highest BCUT2D eigenvalue weighted by Gasteiger charge is 2.35. The van der Waals surface area contributed by atoms with Crippen molar-refractivity contribution in [1.29, 1.82) is 0 Å². The highest BCUT2D eigenvalue weighted by atomic mass is 35.5. The lowest BCUT2D eigenvalue weighted by molar-refractivity contribution is -0.137. The fourth-order valence-electron chi connectivity index (χ4n) is 2.35. The average Bonchev–Trinajstić information content (AvgIpc) is 3.13. The molecule has 0 bridgehead atoms. The van der Waals surface area contributed by atoms with Crippen molar-refractivity contribution in [2.45, 2.75) is 32.1 Å². The van der Waals surface area contributed by atoms with Gasteiger partial charge < -0.3 is 9.84 Å². The lowest BCUT2D eigenvalue weighted by atomic mass is 9.89. The van der Waals surface area contributed by atoms with Gasteiger partial charge in [0.05, 0.1) is 13.5 Å². The summed E-state index contributed by atoms with van der Waals surface area (Å²) in [5.41, 5.74) is 1.88. The van der Waals surface area contributed by atoms with E-state index in [4.69, 9.17) is 21.4 Å². The second-order valence-electron chi connectivity index (χ2n) is 4.89. The number of hydrogen-bond donors (Lipinski definition) is 1. The molecule has 1 atom stereocenters. The van der Waals surface area contributed by atoms with E-state index in [1.54, 1.807) is 7.11 Å². The smallest absolute Gasteiger partial charge is 0.303 e. The summed E-state index contributed by atoms with van der Waals surface area (Å²) in [7, 11) is 1.61. The Hall–Kier alpha value is -1.22. The molecule has 1 aromatic rings. The van der Waals surface area contributed by atoms with E-state index in [0.29, 0.717) is 10.9 Å². The summed E-state index contributed by atoms with van der Waals surface area (Å²) in [6, 6.07) is 3.75. The van der Waals surface area contributed by atoms with Gasteiger partial charge in [0.15, 0.2) is 0 Å². The summed E-state index contributed by atoms with van der Waals surface area (Å²) in [5, 5.41) is 9.70. The van der Waals surface area contributed by atoms with E-state index < -0.39 is 5.97 Å². The number of methoxy groups -OCH3 is 1. The minimum absolute atomic E-state index is 0.00977. The Morgan fingerprint density at radius 1 is 1.56 bits per heavy atom. The molecule has 0 heterocycles. The van der Waals surface area contributed by atoms with Crippen LogP contribution in [0.2, 0.25) is 5.02 Å². The Bertz CT molecular complexity index is 466. The maximum Gasteiger partial charge on any atom is 0.303 e. The Morgan fingerprint density at radius 2 is 2.22 bits per heavy atom. The van der Waals surface area contributed by atoms with Gasteiger partial charge in [-0.15, -0.1) is 0 Å². The number of aliphatic carboxylic acids is 1. The van der Waals surface area contributed by atoms with Crippen molar-refractivity contribution in [2.75, 3.05) is 7.11 Å². The molecule has 1 aliphatic rings. The number of halogens is 1. The van der Waals surface area contributed by atoms with Crippen molar-refractivity contribution in [3.8, 4) is 5.75 Å². The van der Waals surface area contributed by atoms with Crippen LogP contribution in [-0.4, -0.2) is 18.2 Å². The lowest BCUT2D eigenvalue weighted by Gasteiger charge is -2.19. The zero-order chi connectivity index (χ0) is 13.3. The zero-order valence-electron chi connectivity index (χ0n) is 10.6. The van der Waals surface area contributed by atoms with Crippen molar-refractivity contribution in [3.63, 3.8) is 0 Å². The van der Waals surface area contributed by atoms with Gasteiger partial charge in [0.1, 0.15) is 5.75 Å². The van der Waals surface area contributed by atoms with Crippen molar-refractivity contribution >= 4 is 17.6 Å². The van der Waals surface area contributed by atoms with Gasteiger partial charge in [-0.1, -0.05) is 11.6 Å². The summed E-state index contributed by atoms with van der Waals surface area (Å²) < 4.78 is 5.37. The molecular weight excluding hydrogens is 252 g/mol. The van der Waals surface area contributed by atoms with E-state index in [1.165, 1.54) is 0 Å². The molecule has 4 heteroatoms. The number of carbonyl (C=O) groups is 1. The van der Waals surface area contributed by atoms with Crippen LogP contribution < -0.4 is 4.74 Å². The molecule has 1 aromatic carbocycles. The van der Waals surface area contributed by atoms with Gasteiger partial charge in [-0.25, -0.2) is 0 Å². The molecule has 1 saturated carbocycles. The molecule has 1 aliphatic carbocycles. The van der Waals surface area contributed by atoms with E-state index >= 15 is 0 Å². The van der Waals surface area contributed by atoms with Crippen LogP contribution in [0.15, 0.2) is 12.1 Å². The number of hydrogen-bond acceptors (Lipinski definition) is 2. The zero-order valence-corrected chi connectivity index (χ0v) is 11.3. The fourth-order valence-corrected chi connectivity index (χ4v) is 2.53. The fraction of sp³-hybridized carbons (Fsp3) is 0.500. The summed E-state index contributed by atoms with van der Waals surface area (Å²) in [5.74, 6) is 0.435. The number of aryl methyl sites for hydroxylation is 1. The molecule has 3 nitrogen and oxygen atoms in total. The summed E-state index contributed by atoms with van der Waals surface area (Å²) in [6.07, 6.45) is 2.32. The van der Waals surface area contributed by atoms with Crippen LogP contribution in [0.5, 0.6) is 5.75 Å². The number of rotatable bonds is 5. The third-order valence-corrected chi connectivity index (χ3v) is 3.90. The van der Waals surface area contributed by atoms with Crippen LogP contribution in [0, 0.1) is 12.8 Å². The van der Waals surface area contributed by atoms with Gasteiger partial charge >= 0.3 is 5.97 Å². The lowest BCUT2D eigenvalue weighted by Crippen LogP contribution is -2.10. The predicted molar refractivity (Wildman–Crippen MR) is 70.5 cm³/mol. The topological polar surface area (TPSA) is 46.5 Å². The maximum absolute atomic E-state index is 11.0. The van der Waals surface area contributed by atoms with E-state index in [0.717, 1.165) is 29.7 Å². The van der Waals surface area contributed by atoms with Gasteiger partial charge in [0.25, 0.3) is 0 Å². The van der Waals surface area contributed by atoms with Crippen molar-refractivity contribution in [3.05, 3.63) is 28.3 Å². The molecule has 0 saturated heterocycles. The first kappa shape index (κ1) is 13.2. The van der Waals surface area contributed by atoms with Crippen LogP contribution in [0.3, 0.4) is 0 Å². The van der Waals surface area contributed by atoms with E-state index in [2.05, 4.69) is 0 Å². The molecule has 0 spiro atoms. The van der Waals surface area contributed by atoms with Crippen LogP contribution in [0.4, 0.5) is 0 Å². The SMILES string of the molecule is COc1cc(C)c(Cl)cc1C(CC(=O)O)C1CC1. The Labute approximate surface area is 112 Å². The average molecular weight is 269 g/mol. The normalized spacial score (nSPS) is 16.4. The quantitative estimate of drug-likeness (QED) is 0.887. The molecule has 98 valence electrons. The molecule has 0 aromatic heterocycles. The van der Waals surface area contributed by atoms with E-state index in [9.17, 15) is 4.79 Å².